The molecule has 2 fully saturated rings. The summed E-state index contributed by atoms with van der Waals surface area (Å²) in [6.45, 7) is 5.34. The summed E-state index contributed by atoms with van der Waals surface area (Å²) in [7, 11) is 0. The highest BCUT2D eigenvalue weighted by molar-refractivity contribution is 8.15. The summed E-state index contributed by atoms with van der Waals surface area (Å²) in [5.74, 6) is 1.45. The van der Waals surface area contributed by atoms with Crippen molar-refractivity contribution < 1.29 is 4.79 Å². The Kier molecular flexibility index (Phi) is 6.40. The molecule has 2 unspecified atom stereocenters. The molecule has 1 heterocycles. The number of carbonyl (C=O) groups is 1. The maximum absolute atomic E-state index is 12.0. The number of hydrogen-bond donors (Lipinski definition) is 1. The summed E-state index contributed by atoms with van der Waals surface area (Å²) in [5.41, 5.74) is 0. The Balaban J connectivity index is 1.83. The van der Waals surface area contributed by atoms with Crippen LogP contribution in [-0.4, -0.2) is 22.9 Å². The van der Waals surface area contributed by atoms with Crippen molar-refractivity contribution >= 4 is 22.8 Å². The van der Waals surface area contributed by atoms with Gasteiger partial charge in [0.2, 0.25) is 5.91 Å². The Morgan fingerprint density at radius 1 is 1.35 bits per heavy atom. The maximum atomic E-state index is 12.0. The van der Waals surface area contributed by atoms with Crippen LogP contribution in [0.2, 0.25) is 0 Å². The number of aliphatic imine (C=N–C) groups is 1. The van der Waals surface area contributed by atoms with Crippen LogP contribution in [0, 0.1) is 11.8 Å². The van der Waals surface area contributed by atoms with E-state index in [1.54, 1.807) is 11.8 Å². The third-order valence-electron chi connectivity index (χ3n) is 4.59. The van der Waals surface area contributed by atoms with Crippen molar-refractivity contribution in [2.45, 2.75) is 70.5 Å². The average Bonchev–Trinajstić information content (AvgIpc) is 3.08. The zero-order valence-electron chi connectivity index (χ0n) is 12.9. The van der Waals surface area contributed by atoms with E-state index < -0.39 is 0 Å². The molecule has 2 aliphatic rings. The van der Waals surface area contributed by atoms with E-state index in [4.69, 9.17) is 0 Å². The number of amidine groups is 1. The first-order valence-corrected chi connectivity index (χ1v) is 9.14. The molecule has 0 bridgehead atoms. The second-order valence-electron chi connectivity index (χ2n) is 6.13. The van der Waals surface area contributed by atoms with Crippen LogP contribution >= 0.6 is 11.8 Å². The summed E-state index contributed by atoms with van der Waals surface area (Å²) in [4.78, 5) is 16.7. The van der Waals surface area contributed by atoms with E-state index in [0.717, 1.165) is 11.7 Å². The Hall–Kier alpha value is -0.510. The van der Waals surface area contributed by atoms with Gasteiger partial charge < -0.3 is 5.32 Å². The number of unbranched alkanes of at least 4 members (excludes halogenated alkanes) is 1. The first-order valence-electron chi connectivity index (χ1n) is 8.26. The van der Waals surface area contributed by atoms with Gasteiger partial charge in [0.25, 0.3) is 0 Å². The van der Waals surface area contributed by atoms with Crippen molar-refractivity contribution in [3.05, 3.63) is 0 Å². The van der Waals surface area contributed by atoms with E-state index in [2.05, 4.69) is 24.2 Å². The number of nitrogens with zero attached hydrogens (tertiary/aromatic N) is 1. The summed E-state index contributed by atoms with van der Waals surface area (Å²) in [6.07, 6.45) is 9.98. The van der Waals surface area contributed by atoms with Gasteiger partial charge in [-0.05, 0) is 31.1 Å². The van der Waals surface area contributed by atoms with E-state index >= 15 is 0 Å². The molecular formula is C16H28N2OS. The molecule has 1 saturated heterocycles. The molecule has 1 aliphatic heterocycles. The van der Waals surface area contributed by atoms with Crippen LogP contribution < -0.4 is 5.32 Å². The van der Waals surface area contributed by atoms with E-state index in [0.29, 0.717) is 11.8 Å². The molecule has 1 amide bonds. The van der Waals surface area contributed by atoms with Gasteiger partial charge >= 0.3 is 0 Å². The van der Waals surface area contributed by atoms with E-state index in [1.165, 1.54) is 51.4 Å². The highest BCUT2D eigenvalue weighted by Crippen LogP contribution is 2.36. The topological polar surface area (TPSA) is 41.5 Å². The van der Waals surface area contributed by atoms with Gasteiger partial charge in [0.1, 0.15) is 0 Å². The maximum Gasteiger partial charge on any atom is 0.239 e. The molecule has 1 aliphatic carbocycles. The van der Waals surface area contributed by atoms with Crippen LogP contribution in [0.15, 0.2) is 4.99 Å². The fourth-order valence-corrected chi connectivity index (χ4v) is 4.34. The lowest BCUT2D eigenvalue weighted by Crippen LogP contribution is -2.28. The Morgan fingerprint density at radius 3 is 2.75 bits per heavy atom. The van der Waals surface area contributed by atoms with Gasteiger partial charge in [0.15, 0.2) is 5.17 Å². The van der Waals surface area contributed by atoms with Crippen molar-refractivity contribution in [2.24, 2.45) is 16.8 Å². The Bertz CT molecular complexity index is 350. The second kappa shape index (κ2) is 8.06. The van der Waals surface area contributed by atoms with Crippen molar-refractivity contribution in [3.8, 4) is 0 Å². The van der Waals surface area contributed by atoms with Gasteiger partial charge in [-0.25, -0.2) is 0 Å². The molecule has 0 radical (unpaired) electrons. The molecular weight excluding hydrogens is 268 g/mol. The molecule has 0 spiro atoms. The van der Waals surface area contributed by atoms with Gasteiger partial charge in [-0.3, -0.25) is 9.79 Å². The normalized spacial score (nSPS) is 27.2. The lowest BCUT2D eigenvalue weighted by Gasteiger charge is -2.13. The van der Waals surface area contributed by atoms with Crippen LogP contribution in [0.4, 0.5) is 0 Å². The van der Waals surface area contributed by atoms with Crippen molar-refractivity contribution in [3.63, 3.8) is 0 Å². The molecule has 2 rings (SSSR count). The van der Waals surface area contributed by atoms with Crippen molar-refractivity contribution in [2.75, 3.05) is 6.54 Å². The molecule has 0 aromatic carbocycles. The summed E-state index contributed by atoms with van der Waals surface area (Å²) in [6, 6.07) is 0. The molecule has 3 nitrogen and oxygen atoms in total. The standard InChI is InChI=1S/C16H28N2OS/c1-3-5-8-12(4-2)11-17-16-18-15(19)14(20-16)13-9-6-7-10-13/h12-14H,3-11H2,1-2H3,(H,17,18,19). The Labute approximate surface area is 127 Å². The average molecular weight is 296 g/mol. The van der Waals surface area contributed by atoms with E-state index in [9.17, 15) is 4.79 Å². The minimum atomic E-state index is 0.131. The third-order valence-corrected chi connectivity index (χ3v) is 5.90. The molecule has 114 valence electrons. The monoisotopic (exact) mass is 296 g/mol. The van der Waals surface area contributed by atoms with Crippen LogP contribution in [0.5, 0.6) is 0 Å². The fourth-order valence-electron chi connectivity index (χ4n) is 3.16. The number of amides is 1. The van der Waals surface area contributed by atoms with Crippen LogP contribution in [0.1, 0.15) is 65.2 Å². The molecule has 4 heteroatoms. The predicted molar refractivity (Wildman–Crippen MR) is 87.1 cm³/mol. The van der Waals surface area contributed by atoms with Crippen LogP contribution in [-0.2, 0) is 4.79 Å². The van der Waals surface area contributed by atoms with Gasteiger partial charge in [0.05, 0.1) is 5.25 Å². The summed E-state index contributed by atoms with van der Waals surface area (Å²) in [5, 5.41) is 4.00. The number of carbonyl (C=O) groups excluding carboxylic acids is 1. The van der Waals surface area contributed by atoms with Crippen molar-refractivity contribution in [1.82, 2.24) is 5.32 Å². The zero-order valence-corrected chi connectivity index (χ0v) is 13.7. The number of nitrogens with one attached hydrogen (secondary N) is 1. The number of hydrogen-bond acceptors (Lipinski definition) is 3. The predicted octanol–water partition coefficient (Wildman–Crippen LogP) is 3.98. The van der Waals surface area contributed by atoms with E-state index in [1.807, 2.05) is 0 Å². The smallest absolute Gasteiger partial charge is 0.239 e. The van der Waals surface area contributed by atoms with E-state index in [-0.39, 0.29) is 11.2 Å². The largest absolute Gasteiger partial charge is 0.304 e. The summed E-state index contributed by atoms with van der Waals surface area (Å²) >= 11 is 1.68. The lowest BCUT2D eigenvalue weighted by molar-refractivity contribution is -0.119. The molecule has 1 N–H and O–H groups in total. The molecule has 1 saturated carbocycles. The lowest BCUT2D eigenvalue weighted by atomic mass is 10.00. The summed E-state index contributed by atoms with van der Waals surface area (Å²) < 4.78 is 0. The van der Waals surface area contributed by atoms with Gasteiger partial charge in [0, 0.05) is 6.54 Å². The quantitative estimate of drug-likeness (QED) is 0.772. The fraction of sp³-hybridized carbons (Fsp3) is 0.875. The Morgan fingerprint density at radius 2 is 2.10 bits per heavy atom. The minimum absolute atomic E-state index is 0.131. The zero-order chi connectivity index (χ0) is 14.4. The highest BCUT2D eigenvalue weighted by atomic mass is 32.2. The van der Waals surface area contributed by atoms with Gasteiger partial charge in [-0.2, -0.15) is 0 Å². The van der Waals surface area contributed by atoms with Crippen LogP contribution in [0.3, 0.4) is 0 Å². The molecule has 0 aromatic rings. The second-order valence-corrected chi connectivity index (χ2v) is 7.26. The number of rotatable bonds is 7. The molecule has 2 atom stereocenters. The molecule has 20 heavy (non-hydrogen) atoms. The molecule has 0 aromatic heterocycles. The SMILES string of the molecule is CCCCC(CC)CN=C1NC(=O)C(C2CCCC2)S1. The first-order chi connectivity index (χ1) is 9.74. The van der Waals surface area contributed by atoms with Crippen molar-refractivity contribution in [1.29, 1.82) is 0 Å². The third kappa shape index (κ3) is 4.24. The first kappa shape index (κ1) is 15.9. The van der Waals surface area contributed by atoms with Crippen LogP contribution in [0.25, 0.3) is 0 Å². The highest BCUT2D eigenvalue weighted by Gasteiger charge is 2.37. The number of thioether (sulfide) groups is 1. The van der Waals surface area contributed by atoms with Gasteiger partial charge in [-0.15, -0.1) is 0 Å². The van der Waals surface area contributed by atoms with Gasteiger partial charge in [-0.1, -0.05) is 57.7 Å². The minimum Gasteiger partial charge on any atom is -0.304 e.